The van der Waals surface area contributed by atoms with Crippen molar-refractivity contribution in [2.24, 2.45) is 0 Å². The van der Waals surface area contributed by atoms with Crippen molar-refractivity contribution in [3.05, 3.63) is 0 Å². The van der Waals surface area contributed by atoms with Gasteiger partial charge in [0.2, 0.25) is 0 Å². The summed E-state index contributed by atoms with van der Waals surface area (Å²) in [6.07, 6.45) is -0.116. The van der Waals surface area contributed by atoms with E-state index in [1.165, 1.54) is 0 Å². The molecule has 1 unspecified atom stereocenters. The standard InChI is InChI=1S/C11H22N2O4/c1-6-8(9(14)16-7-2)12-13-10(15)17-11(3,4)5/h8,12H,6-7H2,1-5H3,(H,13,15). The molecule has 0 aromatic carbocycles. The summed E-state index contributed by atoms with van der Waals surface area (Å²) >= 11 is 0. The average molecular weight is 246 g/mol. The fraction of sp³-hybridized carbons (Fsp3) is 0.818. The number of nitrogens with one attached hydrogen (secondary N) is 2. The van der Waals surface area contributed by atoms with Gasteiger partial charge in [0.25, 0.3) is 0 Å². The van der Waals surface area contributed by atoms with Crippen LogP contribution in [0.1, 0.15) is 41.0 Å². The van der Waals surface area contributed by atoms with Gasteiger partial charge in [-0.2, -0.15) is 0 Å². The molecule has 0 bridgehead atoms. The minimum Gasteiger partial charge on any atom is -0.465 e. The number of esters is 1. The molecule has 1 amide bonds. The number of hydrogen-bond donors (Lipinski definition) is 2. The summed E-state index contributed by atoms with van der Waals surface area (Å²) in [5.74, 6) is -0.397. The molecule has 6 heteroatoms. The highest BCUT2D eigenvalue weighted by molar-refractivity contribution is 5.76. The lowest BCUT2D eigenvalue weighted by molar-refractivity contribution is -0.146. The molecule has 100 valence electrons. The van der Waals surface area contributed by atoms with Crippen LogP contribution in [0.2, 0.25) is 0 Å². The number of amides is 1. The number of ether oxygens (including phenoxy) is 2. The molecule has 0 radical (unpaired) electrons. The maximum Gasteiger partial charge on any atom is 0.422 e. The van der Waals surface area contributed by atoms with Gasteiger partial charge < -0.3 is 9.47 Å². The highest BCUT2D eigenvalue weighted by Crippen LogP contribution is 2.06. The van der Waals surface area contributed by atoms with Crippen LogP contribution in [0.3, 0.4) is 0 Å². The molecule has 0 heterocycles. The number of rotatable bonds is 5. The van der Waals surface area contributed by atoms with Gasteiger partial charge in [0.05, 0.1) is 6.61 Å². The van der Waals surface area contributed by atoms with Crippen molar-refractivity contribution in [1.29, 1.82) is 0 Å². The highest BCUT2D eigenvalue weighted by atomic mass is 16.6. The summed E-state index contributed by atoms with van der Waals surface area (Å²) in [5, 5.41) is 0. The monoisotopic (exact) mass is 246 g/mol. The molecule has 0 rings (SSSR count). The molecule has 0 spiro atoms. The van der Waals surface area contributed by atoms with Crippen molar-refractivity contribution in [1.82, 2.24) is 10.9 Å². The summed E-state index contributed by atoms with van der Waals surface area (Å²) in [7, 11) is 0. The van der Waals surface area contributed by atoms with Gasteiger partial charge in [-0.1, -0.05) is 6.92 Å². The smallest absolute Gasteiger partial charge is 0.422 e. The summed E-state index contributed by atoms with van der Waals surface area (Å²) in [6.45, 7) is 9.13. The van der Waals surface area contributed by atoms with E-state index < -0.39 is 23.7 Å². The number of carbonyl (C=O) groups is 2. The molecule has 6 nitrogen and oxygen atoms in total. The van der Waals surface area contributed by atoms with Crippen molar-refractivity contribution >= 4 is 12.1 Å². The van der Waals surface area contributed by atoms with Crippen LogP contribution < -0.4 is 10.9 Å². The lowest BCUT2D eigenvalue weighted by atomic mass is 10.2. The Labute approximate surface area is 102 Å². The Morgan fingerprint density at radius 1 is 1.24 bits per heavy atom. The van der Waals surface area contributed by atoms with Crippen molar-refractivity contribution in [3.63, 3.8) is 0 Å². The van der Waals surface area contributed by atoms with Crippen LogP contribution in [0.15, 0.2) is 0 Å². The fourth-order valence-corrected chi connectivity index (χ4v) is 1.02. The molecular weight excluding hydrogens is 224 g/mol. The van der Waals surface area contributed by atoms with Crippen LogP contribution in [-0.4, -0.2) is 30.3 Å². The Balaban J connectivity index is 4.07. The second-order valence-corrected chi connectivity index (χ2v) is 4.48. The Bertz CT molecular complexity index is 261. The zero-order valence-electron chi connectivity index (χ0n) is 11.1. The van der Waals surface area contributed by atoms with Crippen LogP contribution in [0.25, 0.3) is 0 Å². The largest absolute Gasteiger partial charge is 0.465 e. The van der Waals surface area contributed by atoms with Gasteiger partial charge in [0, 0.05) is 0 Å². The lowest BCUT2D eigenvalue weighted by Crippen LogP contribution is -2.49. The quantitative estimate of drug-likeness (QED) is 0.565. The van der Waals surface area contributed by atoms with Gasteiger partial charge in [0.1, 0.15) is 11.6 Å². The van der Waals surface area contributed by atoms with Crippen molar-refractivity contribution in [2.75, 3.05) is 6.61 Å². The first-order valence-corrected chi connectivity index (χ1v) is 5.71. The first-order valence-electron chi connectivity index (χ1n) is 5.71. The van der Waals surface area contributed by atoms with E-state index >= 15 is 0 Å². The molecule has 1 atom stereocenters. The van der Waals surface area contributed by atoms with Gasteiger partial charge in [-0.3, -0.25) is 10.2 Å². The fourth-order valence-electron chi connectivity index (χ4n) is 1.02. The van der Waals surface area contributed by atoms with E-state index in [1.54, 1.807) is 27.7 Å². The lowest BCUT2D eigenvalue weighted by Gasteiger charge is -2.21. The Hall–Kier alpha value is -1.30. The van der Waals surface area contributed by atoms with E-state index in [1.807, 2.05) is 6.92 Å². The minimum atomic E-state index is -0.625. The second kappa shape index (κ2) is 7.11. The molecule has 0 fully saturated rings. The molecule has 0 saturated heterocycles. The zero-order valence-corrected chi connectivity index (χ0v) is 11.1. The van der Waals surface area contributed by atoms with E-state index in [-0.39, 0.29) is 0 Å². The van der Waals surface area contributed by atoms with Crippen LogP contribution >= 0.6 is 0 Å². The van der Waals surface area contributed by atoms with Crippen molar-refractivity contribution < 1.29 is 19.1 Å². The van der Waals surface area contributed by atoms with Crippen LogP contribution in [0, 0.1) is 0 Å². The molecule has 2 N–H and O–H groups in total. The van der Waals surface area contributed by atoms with E-state index in [9.17, 15) is 9.59 Å². The molecular formula is C11H22N2O4. The summed E-state index contributed by atoms with van der Waals surface area (Å²) in [5.41, 5.74) is 4.32. The Morgan fingerprint density at radius 3 is 2.24 bits per heavy atom. The first-order chi connectivity index (χ1) is 7.80. The molecule has 0 aliphatic heterocycles. The molecule has 0 saturated carbocycles. The zero-order chi connectivity index (χ0) is 13.5. The predicted molar refractivity (Wildman–Crippen MR) is 63.2 cm³/mol. The van der Waals surface area contributed by atoms with Crippen molar-refractivity contribution in [3.8, 4) is 0 Å². The Morgan fingerprint density at radius 2 is 1.82 bits per heavy atom. The average Bonchev–Trinajstić information content (AvgIpc) is 2.16. The number of hydrazine groups is 1. The molecule has 0 aliphatic rings. The maximum absolute atomic E-state index is 11.4. The summed E-state index contributed by atoms with van der Waals surface area (Å²) < 4.78 is 9.84. The third-order valence-electron chi connectivity index (χ3n) is 1.73. The van der Waals surface area contributed by atoms with Crippen LogP contribution in [0.5, 0.6) is 0 Å². The number of carbonyl (C=O) groups excluding carboxylic acids is 2. The summed E-state index contributed by atoms with van der Waals surface area (Å²) in [6, 6.07) is -0.567. The molecule has 0 aliphatic carbocycles. The topological polar surface area (TPSA) is 76.7 Å². The maximum atomic E-state index is 11.4. The van der Waals surface area contributed by atoms with Crippen LogP contribution in [0.4, 0.5) is 4.79 Å². The van der Waals surface area contributed by atoms with Gasteiger partial charge >= 0.3 is 12.1 Å². The third kappa shape index (κ3) is 7.57. The summed E-state index contributed by atoms with van der Waals surface area (Å²) in [4.78, 5) is 22.7. The van der Waals surface area contributed by atoms with E-state index in [0.717, 1.165) is 0 Å². The first kappa shape index (κ1) is 15.7. The predicted octanol–water partition coefficient (Wildman–Crippen LogP) is 1.36. The third-order valence-corrected chi connectivity index (χ3v) is 1.73. The molecule has 0 aromatic heterocycles. The van der Waals surface area contributed by atoms with E-state index in [2.05, 4.69) is 10.9 Å². The van der Waals surface area contributed by atoms with Crippen molar-refractivity contribution in [2.45, 2.75) is 52.7 Å². The molecule has 17 heavy (non-hydrogen) atoms. The number of hydrogen-bond acceptors (Lipinski definition) is 5. The van der Waals surface area contributed by atoms with Gasteiger partial charge in [-0.05, 0) is 34.1 Å². The van der Waals surface area contributed by atoms with Gasteiger partial charge in [-0.25, -0.2) is 10.2 Å². The highest BCUT2D eigenvalue weighted by Gasteiger charge is 2.20. The van der Waals surface area contributed by atoms with Gasteiger partial charge in [-0.15, -0.1) is 0 Å². The van der Waals surface area contributed by atoms with E-state index in [4.69, 9.17) is 9.47 Å². The Kier molecular flexibility index (Phi) is 6.57. The van der Waals surface area contributed by atoms with Gasteiger partial charge in [0.15, 0.2) is 0 Å². The van der Waals surface area contributed by atoms with E-state index in [0.29, 0.717) is 13.0 Å². The van der Waals surface area contributed by atoms with Crippen LogP contribution in [-0.2, 0) is 14.3 Å². The second-order valence-electron chi connectivity index (χ2n) is 4.48. The minimum absolute atomic E-state index is 0.309. The SMILES string of the molecule is CCOC(=O)C(CC)NNC(=O)OC(C)(C)C. The molecule has 0 aromatic rings. The normalized spacial score (nSPS) is 12.8.